The van der Waals surface area contributed by atoms with Gasteiger partial charge in [-0.3, -0.25) is 4.79 Å². The van der Waals surface area contributed by atoms with Gasteiger partial charge in [0.1, 0.15) is 11.6 Å². The normalized spacial score (nSPS) is 14.9. The average molecular weight is 520 g/mol. The van der Waals surface area contributed by atoms with Crippen LogP contribution in [0.25, 0.3) is 10.9 Å². The topological polar surface area (TPSA) is 70.6 Å². The van der Waals surface area contributed by atoms with Gasteiger partial charge in [0.2, 0.25) is 11.9 Å². The van der Waals surface area contributed by atoms with Gasteiger partial charge in [-0.15, -0.1) is 13.2 Å². The molecule has 11 heteroatoms. The van der Waals surface area contributed by atoms with E-state index in [9.17, 15) is 22.4 Å². The molecule has 1 saturated heterocycles. The first kappa shape index (κ1) is 26.6. The van der Waals surface area contributed by atoms with Gasteiger partial charge in [0, 0.05) is 42.7 Å². The molecule has 1 N–H and O–H groups in total. The zero-order valence-corrected chi connectivity index (χ0v) is 20.9. The highest BCUT2D eigenvalue weighted by atomic mass is 19.4. The van der Waals surface area contributed by atoms with Crippen LogP contribution in [0.5, 0.6) is 5.75 Å². The number of piperidine rings is 1. The van der Waals surface area contributed by atoms with Gasteiger partial charge in [-0.25, -0.2) is 14.4 Å². The molecule has 1 aromatic heterocycles. The summed E-state index contributed by atoms with van der Waals surface area (Å²) >= 11 is 0. The molecule has 0 spiro atoms. The summed E-state index contributed by atoms with van der Waals surface area (Å²) < 4.78 is 54.7. The number of aryl methyl sites for hydroxylation is 2. The lowest BCUT2D eigenvalue weighted by Crippen LogP contribution is -2.42. The van der Waals surface area contributed by atoms with Crippen molar-refractivity contribution in [2.24, 2.45) is 0 Å². The second kappa shape index (κ2) is 10.9. The van der Waals surface area contributed by atoms with Crippen molar-refractivity contribution in [1.29, 1.82) is 0 Å². The standard InChI is InChI=1S/C26H29F4N5O2/c1-16-21-14-18(6-8-23(21)33-25(31-16)35-12-10-19(11-13-35)34(2)3)32-24(36)9-5-17-4-7-20(15-22(17)27)37-26(28,29)30/h4,6-8,14-15,19H,5,9-13H2,1-3H3,(H,32,36). The molecule has 0 saturated carbocycles. The lowest BCUT2D eigenvalue weighted by molar-refractivity contribution is -0.274. The van der Waals surface area contributed by atoms with E-state index in [0.29, 0.717) is 23.7 Å². The van der Waals surface area contributed by atoms with Crippen LogP contribution in [-0.2, 0) is 11.2 Å². The van der Waals surface area contributed by atoms with Crippen molar-refractivity contribution >= 4 is 28.4 Å². The van der Waals surface area contributed by atoms with Crippen molar-refractivity contribution in [3.05, 3.63) is 53.5 Å². The number of aromatic nitrogens is 2. The van der Waals surface area contributed by atoms with E-state index in [1.807, 2.05) is 13.0 Å². The maximum absolute atomic E-state index is 14.1. The van der Waals surface area contributed by atoms with Gasteiger partial charge in [-0.2, -0.15) is 0 Å². The number of alkyl halides is 3. The number of rotatable bonds is 7. The molecule has 37 heavy (non-hydrogen) atoms. The molecule has 0 radical (unpaired) electrons. The first-order chi connectivity index (χ1) is 17.5. The van der Waals surface area contributed by atoms with E-state index in [1.165, 1.54) is 6.07 Å². The maximum Gasteiger partial charge on any atom is 0.573 e. The van der Waals surface area contributed by atoms with E-state index in [-0.39, 0.29) is 24.3 Å². The summed E-state index contributed by atoms with van der Waals surface area (Å²) in [6.45, 7) is 3.68. The molecule has 2 heterocycles. The van der Waals surface area contributed by atoms with Gasteiger partial charge < -0.3 is 19.9 Å². The molecule has 0 atom stereocenters. The Hall–Kier alpha value is -3.47. The number of anilines is 2. The van der Waals surface area contributed by atoms with E-state index < -0.39 is 17.9 Å². The molecule has 7 nitrogen and oxygen atoms in total. The Kier molecular flexibility index (Phi) is 7.82. The summed E-state index contributed by atoms with van der Waals surface area (Å²) in [5.41, 5.74) is 2.25. The minimum absolute atomic E-state index is 0.0214. The fraction of sp³-hybridized carbons (Fsp3) is 0.423. The number of nitrogens with zero attached hydrogens (tertiary/aromatic N) is 4. The van der Waals surface area contributed by atoms with Crippen LogP contribution in [0.15, 0.2) is 36.4 Å². The third-order valence-corrected chi connectivity index (χ3v) is 6.52. The Morgan fingerprint density at radius 2 is 1.86 bits per heavy atom. The Morgan fingerprint density at radius 3 is 2.51 bits per heavy atom. The highest BCUT2D eigenvalue weighted by molar-refractivity contribution is 5.94. The van der Waals surface area contributed by atoms with Crippen LogP contribution in [0.4, 0.5) is 29.2 Å². The number of halogens is 4. The number of hydrogen-bond donors (Lipinski definition) is 1. The molecule has 1 fully saturated rings. The van der Waals surface area contributed by atoms with E-state index in [1.54, 1.807) is 12.1 Å². The lowest BCUT2D eigenvalue weighted by Gasteiger charge is -2.35. The van der Waals surface area contributed by atoms with Crippen molar-refractivity contribution in [3.63, 3.8) is 0 Å². The van der Waals surface area contributed by atoms with E-state index in [4.69, 9.17) is 9.97 Å². The summed E-state index contributed by atoms with van der Waals surface area (Å²) in [4.78, 5) is 26.3. The number of benzene rings is 2. The first-order valence-corrected chi connectivity index (χ1v) is 12.0. The van der Waals surface area contributed by atoms with Gasteiger partial charge in [-0.1, -0.05) is 6.07 Å². The molecule has 4 rings (SSSR count). The molecule has 1 aliphatic heterocycles. The SMILES string of the molecule is Cc1nc(N2CCC(N(C)C)CC2)nc2ccc(NC(=O)CCc3ccc(OC(F)(F)F)cc3F)cc12. The van der Waals surface area contributed by atoms with Crippen molar-refractivity contribution in [2.45, 2.75) is 45.0 Å². The van der Waals surface area contributed by atoms with Crippen molar-refractivity contribution in [2.75, 3.05) is 37.4 Å². The van der Waals surface area contributed by atoms with E-state index in [2.05, 4.69) is 33.9 Å². The highest BCUT2D eigenvalue weighted by Crippen LogP contribution is 2.27. The molecule has 198 valence electrons. The van der Waals surface area contributed by atoms with Crippen LogP contribution in [0.3, 0.4) is 0 Å². The Morgan fingerprint density at radius 1 is 1.14 bits per heavy atom. The summed E-state index contributed by atoms with van der Waals surface area (Å²) in [7, 11) is 4.19. The van der Waals surface area contributed by atoms with Crippen LogP contribution < -0.4 is 15.0 Å². The molecular weight excluding hydrogens is 490 g/mol. The zero-order chi connectivity index (χ0) is 26.7. The fourth-order valence-electron chi connectivity index (χ4n) is 4.47. The van der Waals surface area contributed by atoms with Crippen LogP contribution in [0.1, 0.15) is 30.5 Å². The predicted octanol–water partition coefficient (Wildman–Crippen LogP) is 5.08. The monoisotopic (exact) mass is 519 g/mol. The van der Waals surface area contributed by atoms with Crippen LogP contribution in [-0.4, -0.2) is 60.4 Å². The summed E-state index contributed by atoms with van der Waals surface area (Å²) in [6.07, 6.45) is -2.83. The molecule has 0 unspecified atom stereocenters. The summed E-state index contributed by atoms with van der Waals surface area (Å²) in [5.74, 6) is -1.16. The van der Waals surface area contributed by atoms with Crippen LogP contribution >= 0.6 is 0 Å². The number of hydrogen-bond acceptors (Lipinski definition) is 6. The molecule has 0 aliphatic carbocycles. The van der Waals surface area contributed by atoms with Crippen LogP contribution in [0, 0.1) is 12.7 Å². The number of fused-ring (bicyclic) bond motifs is 1. The quantitative estimate of drug-likeness (QED) is 0.439. The molecular formula is C26H29F4N5O2. The van der Waals surface area contributed by atoms with Gasteiger partial charge in [0.15, 0.2) is 0 Å². The minimum Gasteiger partial charge on any atom is -0.406 e. The van der Waals surface area contributed by atoms with Gasteiger partial charge in [0.05, 0.1) is 11.2 Å². The number of nitrogens with one attached hydrogen (secondary N) is 1. The number of ether oxygens (including phenoxy) is 1. The lowest BCUT2D eigenvalue weighted by atomic mass is 10.0. The van der Waals surface area contributed by atoms with Crippen molar-refractivity contribution in [3.8, 4) is 5.75 Å². The smallest absolute Gasteiger partial charge is 0.406 e. The maximum atomic E-state index is 14.1. The zero-order valence-electron chi connectivity index (χ0n) is 20.9. The van der Waals surface area contributed by atoms with Gasteiger partial charge >= 0.3 is 6.36 Å². The highest BCUT2D eigenvalue weighted by Gasteiger charge is 2.31. The molecule has 3 aromatic rings. The molecule has 2 aromatic carbocycles. The third-order valence-electron chi connectivity index (χ3n) is 6.52. The predicted molar refractivity (Wildman–Crippen MR) is 133 cm³/mol. The summed E-state index contributed by atoms with van der Waals surface area (Å²) in [5, 5.41) is 3.60. The fourth-order valence-corrected chi connectivity index (χ4v) is 4.47. The Bertz CT molecular complexity index is 1270. The molecule has 0 bridgehead atoms. The van der Waals surface area contributed by atoms with E-state index >= 15 is 0 Å². The summed E-state index contributed by atoms with van der Waals surface area (Å²) in [6, 6.07) is 8.80. The van der Waals surface area contributed by atoms with Crippen LogP contribution in [0.2, 0.25) is 0 Å². The third kappa shape index (κ3) is 6.85. The van der Waals surface area contributed by atoms with Crippen molar-refractivity contribution < 1.29 is 27.1 Å². The van der Waals surface area contributed by atoms with E-state index in [0.717, 1.165) is 48.6 Å². The minimum atomic E-state index is -4.90. The molecule has 1 amide bonds. The second-order valence-corrected chi connectivity index (χ2v) is 9.37. The number of carbonyl (C=O) groups excluding carboxylic acids is 1. The Balaban J connectivity index is 1.38. The van der Waals surface area contributed by atoms with Gasteiger partial charge in [0.25, 0.3) is 0 Å². The second-order valence-electron chi connectivity index (χ2n) is 9.37. The van der Waals surface area contributed by atoms with Crippen molar-refractivity contribution in [1.82, 2.24) is 14.9 Å². The molecule has 1 aliphatic rings. The number of amides is 1. The first-order valence-electron chi connectivity index (χ1n) is 12.0. The average Bonchev–Trinajstić information content (AvgIpc) is 2.83. The Labute approximate surface area is 212 Å². The largest absolute Gasteiger partial charge is 0.573 e. The van der Waals surface area contributed by atoms with Gasteiger partial charge in [-0.05, 0) is 70.1 Å². The number of carbonyl (C=O) groups is 1.